The Morgan fingerprint density at radius 3 is 2.52 bits per heavy atom. The summed E-state index contributed by atoms with van der Waals surface area (Å²) in [4.78, 5) is 31.2. The van der Waals surface area contributed by atoms with Crippen LogP contribution in [0.4, 0.5) is 0 Å². The molecule has 0 aliphatic heterocycles. The molecule has 0 N–H and O–H groups in total. The normalized spacial score (nSPS) is 23.8. The zero-order valence-corrected chi connectivity index (χ0v) is 17.1. The molecule has 1 rings (SSSR count). The van der Waals surface area contributed by atoms with Gasteiger partial charge in [0.05, 0.1) is 0 Å². The van der Waals surface area contributed by atoms with E-state index in [0.717, 1.165) is 5.57 Å². The van der Waals surface area contributed by atoms with Crippen molar-refractivity contribution in [1.82, 2.24) is 0 Å². The molecule has 0 spiro atoms. The molecule has 0 heterocycles. The van der Waals surface area contributed by atoms with E-state index in [1.165, 1.54) is 10.7 Å². The summed E-state index contributed by atoms with van der Waals surface area (Å²) in [5, 5.41) is 0. The molecule has 3 nitrogen and oxygen atoms in total. The molecule has 0 amide bonds. The Kier molecular flexibility index (Phi) is 6.26. The number of carbonyl (C=O) groups excluding carboxylic acids is 2. The van der Waals surface area contributed by atoms with Crippen molar-refractivity contribution in [3.63, 3.8) is 0 Å². The van der Waals surface area contributed by atoms with Crippen LogP contribution in [0.2, 0.25) is 14.8 Å². The summed E-state index contributed by atoms with van der Waals surface area (Å²) in [6.07, 6.45) is 6.28. The minimum absolute atomic E-state index is 0.127. The first-order valence-corrected chi connectivity index (χ1v) is 17.7. The van der Waals surface area contributed by atoms with Gasteiger partial charge < -0.3 is 0 Å². The molecule has 118 valence electrons. The van der Waals surface area contributed by atoms with Gasteiger partial charge in [-0.1, -0.05) is 0 Å². The second kappa shape index (κ2) is 7.12. The van der Waals surface area contributed by atoms with Crippen molar-refractivity contribution in [2.24, 2.45) is 5.41 Å². The number of esters is 1. The first kappa shape index (κ1) is 18.5. The molecule has 0 radical (unpaired) electrons. The van der Waals surface area contributed by atoms with Gasteiger partial charge in [0.15, 0.2) is 0 Å². The average Bonchev–Trinajstić information content (AvgIpc) is 2.43. The average molecular weight is 399 g/mol. The van der Waals surface area contributed by atoms with Crippen molar-refractivity contribution in [2.45, 2.75) is 54.3 Å². The third-order valence-electron chi connectivity index (χ3n) is 4.64. The van der Waals surface area contributed by atoms with Crippen molar-refractivity contribution in [3.05, 3.63) is 21.3 Å². The number of ketones is 1. The number of allylic oxidation sites excluding steroid dienone is 3. The van der Waals surface area contributed by atoms with Crippen molar-refractivity contribution < 1.29 is 14.3 Å². The van der Waals surface area contributed by atoms with Gasteiger partial charge in [-0.05, 0) is 0 Å². The van der Waals surface area contributed by atoms with Crippen LogP contribution in [0.1, 0.15) is 39.5 Å². The van der Waals surface area contributed by atoms with Gasteiger partial charge in [0, 0.05) is 0 Å². The Morgan fingerprint density at radius 1 is 1.43 bits per heavy atom. The SMILES string of the molecule is CCC1=CC(=O)CCC1(C/C=[C](\C)[Sn]([CH3])([CH3])[CH3])C(=O)OC. The zero-order chi connectivity index (χ0) is 16.3. The minimum atomic E-state index is -2.08. The van der Waals surface area contributed by atoms with E-state index in [2.05, 4.69) is 27.8 Å². The van der Waals surface area contributed by atoms with Crippen LogP contribution in [0.15, 0.2) is 21.3 Å². The predicted molar refractivity (Wildman–Crippen MR) is 88.8 cm³/mol. The number of hydrogen-bond donors (Lipinski definition) is 0. The van der Waals surface area contributed by atoms with Gasteiger partial charge in [-0.2, -0.15) is 0 Å². The Hall–Kier alpha value is -0.581. The van der Waals surface area contributed by atoms with Crippen LogP contribution in [0.25, 0.3) is 0 Å². The first-order valence-electron chi connectivity index (χ1n) is 7.67. The van der Waals surface area contributed by atoms with E-state index in [4.69, 9.17) is 4.74 Å². The molecule has 1 aliphatic carbocycles. The van der Waals surface area contributed by atoms with Crippen molar-refractivity contribution >= 4 is 30.1 Å². The fourth-order valence-corrected chi connectivity index (χ4v) is 4.76. The van der Waals surface area contributed by atoms with Crippen molar-refractivity contribution in [2.75, 3.05) is 7.11 Å². The number of methoxy groups -OCH3 is 1. The molecule has 0 aromatic rings. The summed E-state index contributed by atoms with van der Waals surface area (Å²) in [5.41, 5.74) is 0.300. The Morgan fingerprint density at radius 2 is 2.05 bits per heavy atom. The van der Waals surface area contributed by atoms with Crippen LogP contribution >= 0.6 is 0 Å². The summed E-state index contributed by atoms with van der Waals surface area (Å²) in [5.74, 6) is -0.0710. The van der Waals surface area contributed by atoms with Gasteiger partial charge in [0.2, 0.25) is 0 Å². The topological polar surface area (TPSA) is 43.4 Å². The van der Waals surface area contributed by atoms with Crippen molar-refractivity contribution in [3.8, 4) is 0 Å². The zero-order valence-electron chi connectivity index (χ0n) is 14.2. The van der Waals surface area contributed by atoms with E-state index in [1.807, 2.05) is 6.92 Å². The Labute approximate surface area is 132 Å². The molecular weight excluding hydrogens is 371 g/mol. The van der Waals surface area contributed by atoms with Gasteiger partial charge in [-0.15, -0.1) is 0 Å². The maximum absolute atomic E-state index is 12.4. The molecular formula is C17H28O3Sn. The molecule has 1 unspecified atom stereocenters. The first-order chi connectivity index (χ1) is 9.67. The Balaban J connectivity index is 3.21. The van der Waals surface area contributed by atoms with E-state index in [-0.39, 0.29) is 11.8 Å². The van der Waals surface area contributed by atoms with Crippen LogP contribution < -0.4 is 0 Å². The third-order valence-corrected chi connectivity index (χ3v) is 12.0. The quantitative estimate of drug-likeness (QED) is 0.518. The monoisotopic (exact) mass is 400 g/mol. The van der Waals surface area contributed by atoms with Gasteiger partial charge in [0.1, 0.15) is 0 Å². The van der Waals surface area contributed by atoms with E-state index in [1.54, 1.807) is 6.08 Å². The molecule has 1 atom stereocenters. The number of ether oxygens (including phenoxy) is 1. The third kappa shape index (κ3) is 4.21. The van der Waals surface area contributed by atoms with Gasteiger partial charge in [0.25, 0.3) is 0 Å². The second-order valence-electron chi connectivity index (χ2n) is 6.90. The van der Waals surface area contributed by atoms with Gasteiger partial charge in [-0.3, -0.25) is 0 Å². The van der Waals surface area contributed by atoms with Crippen LogP contribution in [-0.2, 0) is 14.3 Å². The molecule has 0 aromatic heterocycles. The molecule has 0 saturated heterocycles. The molecule has 1 aliphatic rings. The van der Waals surface area contributed by atoms with Gasteiger partial charge in [-0.25, -0.2) is 0 Å². The Bertz CT molecular complexity index is 483. The van der Waals surface area contributed by atoms with Crippen molar-refractivity contribution in [1.29, 1.82) is 0 Å². The summed E-state index contributed by atoms with van der Waals surface area (Å²) in [7, 11) is 1.44. The fourth-order valence-electron chi connectivity index (χ4n) is 2.72. The van der Waals surface area contributed by atoms with Gasteiger partial charge >= 0.3 is 133 Å². The molecule has 0 aromatic carbocycles. The second-order valence-corrected chi connectivity index (χ2v) is 22.0. The van der Waals surface area contributed by atoms with E-state index in [9.17, 15) is 9.59 Å². The van der Waals surface area contributed by atoms with E-state index in [0.29, 0.717) is 25.7 Å². The maximum atomic E-state index is 12.4. The number of rotatable bonds is 5. The fraction of sp³-hybridized carbons (Fsp3) is 0.647. The standard InChI is InChI=1S/C14H19O3.3CH3.Sn/c1-4-6-8-14(13(16)17-3)9-7-12(15)10-11(14)5-2;;;;/h6,10H,5,7-9H2,1-3H3;3*1H3;. The molecule has 4 heteroatoms. The summed E-state index contributed by atoms with van der Waals surface area (Å²) in [6.45, 7) is 4.19. The molecule has 0 bridgehead atoms. The molecule has 0 saturated carbocycles. The van der Waals surface area contributed by atoms with Crippen LogP contribution in [-0.4, -0.2) is 37.2 Å². The van der Waals surface area contributed by atoms with E-state index < -0.39 is 23.8 Å². The van der Waals surface area contributed by atoms with Crippen LogP contribution in [0.5, 0.6) is 0 Å². The molecule has 21 heavy (non-hydrogen) atoms. The predicted octanol–water partition coefficient (Wildman–Crippen LogP) is 4.06. The van der Waals surface area contributed by atoms with E-state index >= 15 is 0 Å². The number of hydrogen-bond acceptors (Lipinski definition) is 3. The summed E-state index contributed by atoms with van der Waals surface area (Å²) >= 11 is -2.08. The van der Waals surface area contributed by atoms with Crippen LogP contribution in [0, 0.1) is 5.41 Å². The summed E-state index contributed by atoms with van der Waals surface area (Å²) in [6, 6.07) is 0. The number of carbonyl (C=O) groups is 2. The molecule has 0 fully saturated rings. The summed E-state index contributed by atoms with van der Waals surface area (Å²) < 4.78 is 6.53. The van der Waals surface area contributed by atoms with Crippen LogP contribution in [0.3, 0.4) is 0 Å².